The van der Waals surface area contributed by atoms with Gasteiger partial charge in [0.2, 0.25) is 0 Å². The molecule has 1 aliphatic heterocycles. The molecule has 1 amide bonds. The molecule has 1 unspecified atom stereocenters. The summed E-state index contributed by atoms with van der Waals surface area (Å²) < 4.78 is 5.78. The van der Waals surface area contributed by atoms with Gasteiger partial charge in [-0.2, -0.15) is 0 Å². The van der Waals surface area contributed by atoms with Gasteiger partial charge in [-0.25, -0.2) is 0 Å². The van der Waals surface area contributed by atoms with Crippen molar-refractivity contribution in [2.24, 2.45) is 11.7 Å². The van der Waals surface area contributed by atoms with E-state index in [9.17, 15) is 4.79 Å². The van der Waals surface area contributed by atoms with E-state index in [1.807, 2.05) is 42.2 Å². The number of pyridine rings is 1. The summed E-state index contributed by atoms with van der Waals surface area (Å²) in [6, 6.07) is 13.1. The number of hydrogen-bond donors (Lipinski definition) is 1. The Bertz CT molecular complexity index is 690. The van der Waals surface area contributed by atoms with Gasteiger partial charge in [0.25, 0.3) is 5.91 Å². The van der Waals surface area contributed by atoms with Crippen molar-refractivity contribution < 1.29 is 9.53 Å². The number of nitrogens with two attached hydrogens (primary N) is 1. The number of likely N-dealkylation sites (tertiary alicyclic amines) is 1. The lowest BCUT2D eigenvalue weighted by Gasteiger charge is -2.33. The minimum absolute atomic E-state index is 0. The average molecular weight is 398 g/mol. The monoisotopic (exact) mass is 397 g/mol. The van der Waals surface area contributed by atoms with Gasteiger partial charge in [0.05, 0.1) is 0 Å². The molecule has 142 valence electrons. The van der Waals surface area contributed by atoms with Crippen LogP contribution >= 0.6 is 24.8 Å². The molecule has 1 aromatic carbocycles. The van der Waals surface area contributed by atoms with Gasteiger partial charge in [-0.1, -0.05) is 18.2 Å². The first kappa shape index (κ1) is 22.2. The number of benzene rings is 1. The fourth-order valence-corrected chi connectivity index (χ4v) is 3.01. The molecule has 2 aromatic rings. The van der Waals surface area contributed by atoms with E-state index in [0.717, 1.165) is 31.7 Å². The van der Waals surface area contributed by atoms with Gasteiger partial charge in [0.1, 0.15) is 17.2 Å². The van der Waals surface area contributed by atoms with Crippen LogP contribution in [0.1, 0.15) is 30.3 Å². The summed E-state index contributed by atoms with van der Waals surface area (Å²) in [7, 11) is 0. The van der Waals surface area contributed by atoms with Crippen molar-refractivity contribution in [3.05, 3.63) is 54.4 Å². The summed E-state index contributed by atoms with van der Waals surface area (Å²) in [6.07, 6.45) is 3.51. The first-order chi connectivity index (χ1) is 11.6. The van der Waals surface area contributed by atoms with Crippen molar-refractivity contribution in [1.82, 2.24) is 9.88 Å². The second kappa shape index (κ2) is 10.4. The zero-order valence-corrected chi connectivity index (χ0v) is 16.3. The molecule has 3 rings (SSSR count). The van der Waals surface area contributed by atoms with Crippen LogP contribution in [0.15, 0.2) is 48.7 Å². The minimum Gasteiger partial charge on any atom is -0.457 e. The molecule has 0 bridgehead atoms. The van der Waals surface area contributed by atoms with Gasteiger partial charge < -0.3 is 15.4 Å². The van der Waals surface area contributed by atoms with Gasteiger partial charge in [0, 0.05) is 31.4 Å². The summed E-state index contributed by atoms with van der Waals surface area (Å²) in [5.41, 5.74) is 6.38. The highest BCUT2D eigenvalue weighted by Gasteiger charge is 2.26. The van der Waals surface area contributed by atoms with Crippen molar-refractivity contribution in [3.8, 4) is 11.5 Å². The zero-order chi connectivity index (χ0) is 16.9. The van der Waals surface area contributed by atoms with Crippen LogP contribution in [0.5, 0.6) is 11.5 Å². The summed E-state index contributed by atoms with van der Waals surface area (Å²) in [6.45, 7) is 3.50. The molecule has 26 heavy (non-hydrogen) atoms. The van der Waals surface area contributed by atoms with Crippen molar-refractivity contribution >= 4 is 30.7 Å². The molecule has 0 aliphatic carbocycles. The van der Waals surface area contributed by atoms with E-state index >= 15 is 0 Å². The van der Waals surface area contributed by atoms with Crippen LogP contribution in [0, 0.1) is 5.92 Å². The smallest absolute Gasteiger partial charge is 0.272 e. The topological polar surface area (TPSA) is 68.5 Å². The van der Waals surface area contributed by atoms with Gasteiger partial charge in [-0.15, -0.1) is 24.8 Å². The molecule has 1 aromatic heterocycles. The zero-order valence-electron chi connectivity index (χ0n) is 14.7. The van der Waals surface area contributed by atoms with E-state index in [1.54, 1.807) is 18.3 Å². The van der Waals surface area contributed by atoms with E-state index in [1.165, 1.54) is 0 Å². The number of aromatic nitrogens is 1. The van der Waals surface area contributed by atoms with E-state index in [-0.39, 0.29) is 36.8 Å². The molecule has 7 heteroatoms. The maximum Gasteiger partial charge on any atom is 0.272 e. The van der Waals surface area contributed by atoms with Crippen molar-refractivity contribution in [2.75, 3.05) is 13.1 Å². The number of ether oxygens (including phenoxy) is 1. The van der Waals surface area contributed by atoms with Crippen LogP contribution in [0.25, 0.3) is 0 Å². The molecule has 2 heterocycles. The van der Waals surface area contributed by atoms with E-state index in [4.69, 9.17) is 10.5 Å². The molecule has 5 nitrogen and oxygen atoms in total. The number of amides is 1. The highest BCUT2D eigenvalue weighted by molar-refractivity contribution is 5.92. The van der Waals surface area contributed by atoms with E-state index < -0.39 is 0 Å². The Morgan fingerprint density at radius 1 is 1.15 bits per heavy atom. The number of piperidine rings is 1. The van der Waals surface area contributed by atoms with Crippen LogP contribution in [-0.4, -0.2) is 34.9 Å². The van der Waals surface area contributed by atoms with Crippen molar-refractivity contribution in [1.29, 1.82) is 0 Å². The van der Waals surface area contributed by atoms with Crippen LogP contribution in [0.2, 0.25) is 0 Å². The third-order valence-corrected chi connectivity index (χ3v) is 4.50. The fraction of sp³-hybridized carbons (Fsp3) is 0.368. The number of nitrogens with zero attached hydrogens (tertiary/aromatic N) is 2. The fourth-order valence-electron chi connectivity index (χ4n) is 3.01. The Morgan fingerprint density at radius 3 is 2.42 bits per heavy atom. The Morgan fingerprint density at radius 2 is 1.81 bits per heavy atom. The third kappa shape index (κ3) is 5.59. The Balaban J connectivity index is 0.00000169. The quantitative estimate of drug-likeness (QED) is 0.848. The van der Waals surface area contributed by atoms with Crippen LogP contribution in [0.3, 0.4) is 0 Å². The average Bonchev–Trinajstić information content (AvgIpc) is 2.62. The molecule has 1 saturated heterocycles. The van der Waals surface area contributed by atoms with Gasteiger partial charge in [-0.05, 0) is 43.9 Å². The summed E-state index contributed by atoms with van der Waals surface area (Å²) >= 11 is 0. The number of carbonyl (C=O) groups is 1. The third-order valence-electron chi connectivity index (χ3n) is 4.50. The molecular weight excluding hydrogens is 373 g/mol. The second-order valence-electron chi connectivity index (χ2n) is 6.28. The highest BCUT2D eigenvalue weighted by atomic mass is 35.5. The first-order valence-electron chi connectivity index (χ1n) is 8.37. The molecule has 2 N–H and O–H groups in total. The largest absolute Gasteiger partial charge is 0.457 e. The van der Waals surface area contributed by atoms with E-state index in [0.29, 0.717) is 17.4 Å². The molecule has 1 atom stereocenters. The Hall–Kier alpha value is -1.82. The normalized spacial score (nSPS) is 15.4. The minimum atomic E-state index is -0.0448. The van der Waals surface area contributed by atoms with Gasteiger partial charge >= 0.3 is 0 Å². The lowest BCUT2D eigenvalue weighted by Crippen LogP contribution is -2.42. The molecule has 0 spiro atoms. The molecular formula is C19H25Cl2N3O2. The predicted molar refractivity (Wildman–Crippen MR) is 108 cm³/mol. The van der Waals surface area contributed by atoms with Gasteiger partial charge in [-0.3, -0.25) is 9.78 Å². The van der Waals surface area contributed by atoms with Crippen LogP contribution < -0.4 is 10.5 Å². The lowest BCUT2D eigenvalue weighted by atomic mass is 9.91. The number of hydrogen-bond acceptors (Lipinski definition) is 4. The number of carbonyl (C=O) groups excluding carboxylic acids is 1. The summed E-state index contributed by atoms with van der Waals surface area (Å²) in [5.74, 6) is 1.80. The SMILES string of the molecule is CC(N)C1CCN(C(=O)c2cc(Oc3ccccc3)ccn2)CC1.Cl.Cl. The van der Waals surface area contributed by atoms with Crippen molar-refractivity contribution in [3.63, 3.8) is 0 Å². The Kier molecular flexibility index (Phi) is 8.85. The summed E-state index contributed by atoms with van der Waals surface area (Å²) in [5, 5.41) is 0. The highest BCUT2D eigenvalue weighted by Crippen LogP contribution is 2.23. The lowest BCUT2D eigenvalue weighted by molar-refractivity contribution is 0.0674. The number of rotatable bonds is 4. The first-order valence-corrected chi connectivity index (χ1v) is 8.37. The van der Waals surface area contributed by atoms with E-state index in [2.05, 4.69) is 4.98 Å². The summed E-state index contributed by atoms with van der Waals surface area (Å²) in [4.78, 5) is 18.7. The number of para-hydroxylation sites is 1. The second-order valence-corrected chi connectivity index (χ2v) is 6.28. The standard InChI is InChI=1S/C19H23N3O2.2ClH/c1-14(20)15-8-11-22(12-9-15)19(23)18-13-17(7-10-21-18)24-16-5-3-2-4-6-16;;/h2-7,10,13-15H,8-9,11-12,20H2,1H3;2*1H. The van der Waals surface area contributed by atoms with Crippen LogP contribution in [-0.2, 0) is 0 Å². The van der Waals surface area contributed by atoms with Gasteiger partial charge in [0.15, 0.2) is 0 Å². The molecule has 1 aliphatic rings. The molecule has 0 saturated carbocycles. The predicted octanol–water partition coefficient (Wildman–Crippen LogP) is 3.92. The molecule has 1 fully saturated rings. The van der Waals surface area contributed by atoms with Crippen LogP contribution in [0.4, 0.5) is 0 Å². The van der Waals surface area contributed by atoms with Crippen molar-refractivity contribution in [2.45, 2.75) is 25.8 Å². The maximum atomic E-state index is 12.7. The maximum absolute atomic E-state index is 12.7. The Labute approximate surface area is 166 Å². The molecule has 0 radical (unpaired) electrons. The number of halogens is 2.